The van der Waals surface area contributed by atoms with Gasteiger partial charge in [0, 0.05) is 4.47 Å². The fraction of sp³-hybridized carbons (Fsp3) is 0.364. The lowest BCUT2D eigenvalue weighted by Gasteiger charge is -2.09. The summed E-state index contributed by atoms with van der Waals surface area (Å²) in [5.74, 6) is -0.436. The molecule has 3 nitrogen and oxygen atoms in total. The predicted octanol–water partition coefficient (Wildman–Crippen LogP) is 2.57. The molecular weight excluding hydrogens is 260 g/mol. The van der Waals surface area contributed by atoms with Crippen LogP contribution in [-0.4, -0.2) is 18.2 Å². The van der Waals surface area contributed by atoms with Gasteiger partial charge in [-0.2, -0.15) is 0 Å². The van der Waals surface area contributed by atoms with E-state index >= 15 is 0 Å². The molecule has 0 spiro atoms. The van der Waals surface area contributed by atoms with Crippen molar-refractivity contribution in [2.24, 2.45) is 0 Å². The minimum absolute atomic E-state index is 0.383. The van der Waals surface area contributed by atoms with Crippen molar-refractivity contribution in [3.05, 3.63) is 27.7 Å². The highest BCUT2D eigenvalue weighted by molar-refractivity contribution is 9.10. The number of rotatable bonds is 2. The lowest BCUT2D eigenvalue weighted by atomic mass is 10.0. The number of carboxylic acid groups (broad SMARTS) is 1. The quantitative estimate of drug-likeness (QED) is 0.899. The van der Waals surface area contributed by atoms with Crippen molar-refractivity contribution in [1.29, 1.82) is 0 Å². The van der Waals surface area contributed by atoms with E-state index in [1.165, 1.54) is 0 Å². The van der Waals surface area contributed by atoms with Crippen molar-refractivity contribution in [3.8, 4) is 5.75 Å². The Morgan fingerprint density at radius 1 is 1.60 bits per heavy atom. The van der Waals surface area contributed by atoms with Crippen LogP contribution in [0.4, 0.5) is 0 Å². The molecule has 1 aromatic carbocycles. The summed E-state index contributed by atoms with van der Waals surface area (Å²) in [4.78, 5) is 11.0. The average Bonchev–Trinajstić information content (AvgIpc) is 2.61. The summed E-state index contributed by atoms with van der Waals surface area (Å²) >= 11 is 3.44. The van der Waals surface area contributed by atoms with Crippen LogP contribution in [0.25, 0.3) is 0 Å². The molecule has 1 N–H and O–H groups in total. The van der Waals surface area contributed by atoms with Gasteiger partial charge in [0.1, 0.15) is 5.75 Å². The molecule has 1 aliphatic rings. The Hall–Kier alpha value is -1.03. The zero-order valence-electron chi connectivity index (χ0n) is 8.29. The molecule has 0 amide bonds. The second-order valence-electron chi connectivity index (χ2n) is 3.61. The molecular formula is C11H11BrO3. The van der Waals surface area contributed by atoms with E-state index in [1.807, 2.05) is 12.1 Å². The van der Waals surface area contributed by atoms with E-state index in [0.29, 0.717) is 12.2 Å². The monoisotopic (exact) mass is 270 g/mol. The fourth-order valence-corrected chi connectivity index (χ4v) is 2.68. The summed E-state index contributed by atoms with van der Waals surface area (Å²) in [5.41, 5.74) is 1.98. The molecule has 0 saturated heterocycles. The molecule has 1 atom stereocenters. The van der Waals surface area contributed by atoms with Gasteiger partial charge in [-0.1, -0.05) is 15.9 Å². The lowest BCUT2D eigenvalue weighted by Crippen LogP contribution is -2.07. The number of fused-ring (bicyclic) bond motifs is 1. The maximum Gasteiger partial charge on any atom is 0.310 e. The van der Waals surface area contributed by atoms with Gasteiger partial charge in [0.05, 0.1) is 13.0 Å². The first-order valence-corrected chi connectivity index (χ1v) is 5.52. The minimum atomic E-state index is -0.756. The molecule has 0 radical (unpaired) electrons. The second-order valence-corrected chi connectivity index (χ2v) is 4.46. The molecule has 15 heavy (non-hydrogen) atoms. The molecule has 0 fully saturated rings. The summed E-state index contributed by atoms with van der Waals surface area (Å²) in [6, 6.07) is 3.70. The molecule has 0 aliphatic heterocycles. The van der Waals surface area contributed by atoms with E-state index < -0.39 is 5.97 Å². The topological polar surface area (TPSA) is 46.5 Å². The largest absolute Gasteiger partial charge is 0.497 e. The van der Waals surface area contributed by atoms with Gasteiger partial charge in [0.2, 0.25) is 0 Å². The minimum Gasteiger partial charge on any atom is -0.497 e. The Balaban J connectivity index is 2.51. The van der Waals surface area contributed by atoms with E-state index in [2.05, 4.69) is 15.9 Å². The Labute approximate surface area is 96.2 Å². The van der Waals surface area contributed by atoms with Crippen LogP contribution in [0.1, 0.15) is 23.5 Å². The van der Waals surface area contributed by atoms with Gasteiger partial charge in [-0.15, -0.1) is 0 Å². The maximum absolute atomic E-state index is 11.0. The van der Waals surface area contributed by atoms with Crippen molar-refractivity contribution in [3.63, 3.8) is 0 Å². The smallest absolute Gasteiger partial charge is 0.310 e. The maximum atomic E-state index is 11.0. The Bertz CT molecular complexity index is 415. The number of carboxylic acids is 1. The van der Waals surface area contributed by atoms with Crippen LogP contribution in [0.15, 0.2) is 16.6 Å². The summed E-state index contributed by atoms with van der Waals surface area (Å²) in [5, 5.41) is 9.06. The number of methoxy groups -OCH3 is 1. The third-order valence-electron chi connectivity index (χ3n) is 2.80. The van der Waals surface area contributed by atoms with Crippen LogP contribution >= 0.6 is 15.9 Å². The Morgan fingerprint density at radius 2 is 2.33 bits per heavy atom. The number of hydrogen-bond donors (Lipinski definition) is 1. The van der Waals surface area contributed by atoms with Crippen LogP contribution in [-0.2, 0) is 11.2 Å². The molecule has 4 heteroatoms. The molecule has 0 heterocycles. The van der Waals surface area contributed by atoms with Gasteiger partial charge >= 0.3 is 5.97 Å². The molecule has 0 bridgehead atoms. The van der Waals surface area contributed by atoms with E-state index in [9.17, 15) is 4.79 Å². The van der Waals surface area contributed by atoms with E-state index in [0.717, 1.165) is 22.0 Å². The summed E-state index contributed by atoms with van der Waals surface area (Å²) in [7, 11) is 1.58. The molecule has 0 saturated carbocycles. The number of hydrogen-bond acceptors (Lipinski definition) is 2. The van der Waals surface area contributed by atoms with Crippen LogP contribution in [0, 0.1) is 0 Å². The Morgan fingerprint density at radius 3 is 2.93 bits per heavy atom. The van der Waals surface area contributed by atoms with Gasteiger partial charge in [-0.05, 0) is 36.1 Å². The van der Waals surface area contributed by atoms with Crippen LogP contribution in [0.2, 0.25) is 0 Å². The predicted molar refractivity (Wildman–Crippen MR) is 59.4 cm³/mol. The number of benzene rings is 1. The van der Waals surface area contributed by atoms with Gasteiger partial charge in [-0.25, -0.2) is 0 Å². The van der Waals surface area contributed by atoms with Crippen molar-refractivity contribution in [2.45, 2.75) is 18.8 Å². The summed E-state index contributed by atoms with van der Waals surface area (Å²) < 4.78 is 6.07. The zero-order valence-corrected chi connectivity index (χ0v) is 9.87. The van der Waals surface area contributed by atoms with E-state index in [4.69, 9.17) is 9.84 Å². The van der Waals surface area contributed by atoms with E-state index in [1.54, 1.807) is 7.11 Å². The molecule has 1 aromatic rings. The number of carbonyl (C=O) groups is 1. The SMILES string of the molecule is COc1cc(Br)c2c(c1)C(C(=O)O)CC2. The van der Waals surface area contributed by atoms with E-state index in [-0.39, 0.29) is 5.92 Å². The van der Waals surface area contributed by atoms with Crippen LogP contribution < -0.4 is 4.74 Å². The highest BCUT2D eigenvalue weighted by Gasteiger charge is 2.30. The van der Waals surface area contributed by atoms with Crippen LogP contribution in [0.3, 0.4) is 0 Å². The van der Waals surface area contributed by atoms with Gasteiger partial charge in [0.15, 0.2) is 0 Å². The van der Waals surface area contributed by atoms with Crippen molar-refractivity contribution in [1.82, 2.24) is 0 Å². The summed E-state index contributed by atoms with van der Waals surface area (Å²) in [6.45, 7) is 0. The Kier molecular flexibility index (Phi) is 2.69. The number of halogens is 1. The molecule has 1 aliphatic carbocycles. The van der Waals surface area contributed by atoms with Crippen LogP contribution in [0.5, 0.6) is 5.75 Å². The number of ether oxygens (including phenoxy) is 1. The van der Waals surface area contributed by atoms with Gasteiger partial charge in [0.25, 0.3) is 0 Å². The third kappa shape index (κ3) is 1.74. The van der Waals surface area contributed by atoms with Crippen molar-refractivity contribution in [2.75, 3.05) is 7.11 Å². The highest BCUT2D eigenvalue weighted by atomic mass is 79.9. The highest BCUT2D eigenvalue weighted by Crippen LogP contribution is 2.40. The zero-order chi connectivity index (χ0) is 11.0. The average molecular weight is 271 g/mol. The van der Waals surface area contributed by atoms with Gasteiger partial charge in [-0.3, -0.25) is 4.79 Å². The first-order valence-electron chi connectivity index (χ1n) is 4.72. The van der Waals surface area contributed by atoms with Gasteiger partial charge < -0.3 is 9.84 Å². The third-order valence-corrected chi connectivity index (χ3v) is 3.50. The molecule has 80 valence electrons. The first-order chi connectivity index (χ1) is 7.13. The molecule has 2 rings (SSSR count). The first kappa shape index (κ1) is 10.5. The summed E-state index contributed by atoms with van der Waals surface area (Å²) in [6.07, 6.45) is 1.49. The normalized spacial score (nSPS) is 18.7. The molecule has 1 unspecified atom stereocenters. The van der Waals surface area contributed by atoms with Crippen molar-refractivity contribution < 1.29 is 14.6 Å². The fourth-order valence-electron chi connectivity index (χ4n) is 2.03. The lowest BCUT2D eigenvalue weighted by molar-refractivity contribution is -0.138. The standard InChI is InChI=1S/C11H11BrO3/c1-15-6-4-9-7(10(12)5-6)2-3-8(9)11(13)14/h4-5,8H,2-3H2,1H3,(H,13,14). The number of aliphatic carboxylic acids is 1. The van der Waals surface area contributed by atoms with Crippen molar-refractivity contribution >= 4 is 21.9 Å². The molecule has 0 aromatic heterocycles. The second kappa shape index (κ2) is 3.85.